The number of thioether (sulfide) groups is 1. The molecule has 1 saturated heterocycles. The molecule has 1 amide bonds. The molecule has 0 spiro atoms. The number of hydrogen-bond donors (Lipinski definition) is 3. The Morgan fingerprint density at radius 3 is 2.65 bits per heavy atom. The van der Waals surface area contributed by atoms with E-state index in [0.29, 0.717) is 41.2 Å². The smallest absolute Gasteiger partial charge is 0.237 e. The summed E-state index contributed by atoms with van der Waals surface area (Å²) in [5.74, 6) is 1.22. The van der Waals surface area contributed by atoms with Crippen molar-refractivity contribution in [1.29, 1.82) is 5.41 Å². The Morgan fingerprint density at radius 1 is 1.32 bits per heavy atom. The standard InChI is InChI=1S/C26H36FN7O2S/c1-15(2)30-23(31-16(3)28)20-14-33-10-11-36-21-13-19(27)22(12-18(21)24(33)32-20)37-17-6-8-34(9-7-17)26(4,5)25(29)35/h12-15,17H,6-11H2,1-5H3,(H2,29,35)(H2,28,30,31). The number of fused-ring (bicyclic) bond motifs is 3. The van der Waals surface area contributed by atoms with E-state index < -0.39 is 5.54 Å². The number of nitrogens with one attached hydrogen (secondary N) is 2. The number of hydrogen-bond acceptors (Lipinski definition) is 6. The van der Waals surface area contributed by atoms with E-state index in [1.165, 1.54) is 17.8 Å². The topological polar surface area (TPSA) is 122 Å². The van der Waals surface area contributed by atoms with E-state index in [-0.39, 0.29) is 28.9 Å². The van der Waals surface area contributed by atoms with E-state index in [2.05, 4.69) is 15.2 Å². The summed E-state index contributed by atoms with van der Waals surface area (Å²) in [6, 6.07) is 3.40. The number of halogens is 1. The summed E-state index contributed by atoms with van der Waals surface area (Å²) < 4.78 is 23.1. The maximum Gasteiger partial charge on any atom is 0.237 e. The Kier molecular flexibility index (Phi) is 7.94. The number of piperidine rings is 1. The number of carbonyl (C=O) groups excluding carboxylic acids is 1. The molecule has 1 aromatic carbocycles. The van der Waals surface area contributed by atoms with Gasteiger partial charge in [0.25, 0.3) is 0 Å². The van der Waals surface area contributed by atoms with Gasteiger partial charge in [0.05, 0.1) is 17.6 Å². The van der Waals surface area contributed by atoms with Crippen LogP contribution >= 0.6 is 11.8 Å². The number of carbonyl (C=O) groups is 1. The number of aliphatic imine (C=N–C) groups is 1. The third kappa shape index (κ3) is 5.98. The summed E-state index contributed by atoms with van der Waals surface area (Å²) in [6.07, 6.45) is 3.56. The Balaban J connectivity index is 1.60. The van der Waals surface area contributed by atoms with Crippen LogP contribution in [0.1, 0.15) is 53.2 Å². The second-order valence-corrected chi connectivity index (χ2v) is 11.7. The van der Waals surface area contributed by atoms with Crippen molar-refractivity contribution >= 4 is 29.3 Å². The molecule has 2 aromatic rings. The predicted molar refractivity (Wildman–Crippen MR) is 145 cm³/mol. The van der Waals surface area contributed by atoms with Gasteiger partial charge < -0.3 is 20.4 Å². The normalized spacial score (nSPS) is 17.1. The minimum absolute atomic E-state index is 0.118. The van der Waals surface area contributed by atoms with Crippen molar-refractivity contribution in [1.82, 2.24) is 19.8 Å². The number of nitrogens with zero attached hydrogens (tertiary/aromatic N) is 4. The zero-order valence-corrected chi connectivity index (χ0v) is 22.9. The molecule has 0 radical (unpaired) electrons. The summed E-state index contributed by atoms with van der Waals surface area (Å²) in [4.78, 5) is 23.7. The van der Waals surface area contributed by atoms with E-state index in [4.69, 9.17) is 20.9 Å². The molecule has 2 aliphatic heterocycles. The Hall–Kier alpha value is -2.92. The third-order valence-corrected chi connectivity index (χ3v) is 8.09. The Labute approximate surface area is 221 Å². The summed E-state index contributed by atoms with van der Waals surface area (Å²) in [5, 5.41) is 11.3. The number of ether oxygens (including phenoxy) is 1. The molecule has 0 unspecified atom stereocenters. The molecule has 4 N–H and O–H groups in total. The molecule has 3 heterocycles. The van der Waals surface area contributed by atoms with Crippen LogP contribution in [0.4, 0.5) is 4.39 Å². The van der Waals surface area contributed by atoms with Crippen molar-refractivity contribution in [3.05, 3.63) is 29.8 Å². The summed E-state index contributed by atoms with van der Waals surface area (Å²) in [6.45, 7) is 11.7. The number of amidine groups is 2. The monoisotopic (exact) mass is 529 g/mol. The Bertz CT molecular complexity index is 1220. The first-order chi connectivity index (χ1) is 17.5. The van der Waals surface area contributed by atoms with Crippen LogP contribution in [0.3, 0.4) is 0 Å². The number of primary amides is 1. The number of aromatic nitrogens is 2. The number of benzene rings is 1. The molecule has 1 aromatic heterocycles. The average Bonchev–Trinajstić information content (AvgIpc) is 3.17. The maximum atomic E-state index is 15.2. The van der Waals surface area contributed by atoms with E-state index in [0.717, 1.165) is 31.5 Å². The number of imidazole rings is 1. The zero-order chi connectivity index (χ0) is 26.9. The summed E-state index contributed by atoms with van der Waals surface area (Å²) >= 11 is 1.52. The molecule has 200 valence electrons. The van der Waals surface area contributed by atoms with Crippen LogP contribution in [-0.4, -0.2) is 68.6 Å². The van der Waals surface area contributed by atoms with Crippen molar-refractivity contribution in [3.8, 4) is 17.1 Å². The lowest BCUT2D eigenvalue weighted by Gasteiger charge is -2.40. The fourth-order valence-corrected chi connectivity index (χ4v) is 5.72. The number of rotatable bonds is 6. The molecule has 37 heavy (non-hydrogen) atoms. The van der Waals surface area contributed by atoms with Crippen LogP contribution in [-0.2, 0) is 11.3 Å². The predicted octanol–water partition coefficient (Wildman–Crippen LogP) is 3.64. The van der Waals surface area contributed by atoms with Crippen LogP contribution in [0.25, 0.3) is 11.4 Å². The van der Waals surface area contributed by atoms with Crippen molar-refractivity contribution in [2.45, 2.75) is 75.7 Å². The van der Waals surface area contributed by atoms with Crippen LogP contribution in [0.2, 0.25) is 0 Å². The minimum Gasteiger partial charge on any atom is -0.491 e. The number of likely N-dealkylation sites (tertiary alicyclic amines) is 1. The Morgan fingerprint density at radius 2 is 2.03 bits per heavy atom. The molecular formula is C26H36FN7O2S. The summed E-state index contributed by atoms with van der Waals surface area (Å²) in [5.41, 5.74) is 6.25. The second-order valence-electron chi connectivity index (χ2n) is 10.3. The first-order valence-electron chi connectivity index (χ1n) is 12.6. The van der Waals surface area contributed by atoms with E-state index in [9.17, 15) is 4.79 Å². The van der Waals surface area contributed by atoms with Gasteiger partial charge in [-0.3, -0.25) is 15.1 Å². The van der Waals surface area contributed by atoms with E-state index in [1.807, 2.05) is 44.5 Å². The molecule has 1 fully saturated rings. The molecule has 2 aliphatic rings. The van der Waals surface area contributed by atoms with Gasteiger partial charge in [-0.05, 0) is 53.5 Å². The van der Waals surface area contributed by atoms with Gasteiger partial charge in [0.2, 0.25) is 5.91 Å². The third-order valence-electron chi connectivity index (χ3n) is 6.72. The largest absolute Gasteiger partial charge is 0.491 e. The van der Waals surface area contributed by atoms with E-state index >= 15 is 4.39 Å². The fourth-order valence-electron chi connectivity index (χ4n) is 4.56. The maximum absolute atomic E-state index is 15.2. The van der Waals surface area contributed by atoms with Gasteiger partial charge >= 0.3 is 0 Å². The highest BCUT2D eigenvalue weighted by molar-refractivity contribution is 8.00. The molecule has 0 atom stereocenters. The SMILES string of the molecule is CC(=N)/N=C(\NC(C)C)c1cn2c(n1)-c1cc(SC3CCN(C(C)(C)C(N)=O)CC3)c(F)cc1OCC2. The molecular weight excluding hydrogens is 493 g/mol. The van der Waals surface area contributed by atoms with Crippen LogP contribution < -0.4 is 15.8 Å². The number of nitrogens with two attached hydrogens (primary N) is 1. The highest BCUT2D eigenvalue weighted by Crippen LogP contribution is 2.40. The molecule has 0 aliphatic carbocycles. The van der Waals surface area contributed by atoms with Crippen molar-refractivity contribution in [2.24, 2.45) is 10.7 Å². The van der Waals surface area contributed by atoms with Crippen molar-refractivity contribution in [3.63, 3.8) is 0 Å². The van der Waals surface area contributed by atoms with Gasteiger partial charge in [0.15, 0.2) is 5.84 Å². The first-order valence-corrected chi connectivity index (χ1v) is 13.5. The molecule has 4 rings (SSSR count). The van der Waals surface area contributed by atoms with Gasteiger partial charge in [0.1, 0.15) is 35.5 Å². The zero-order valence-electron chi connectivity index (χ0n) is 22.1. The van der Waals surface area contributed by atoms with Crippen molar-refractivity contribution < 1.29 is 13.9 Å². The average molecular weight is 530 g/mol. The fraction of sp³-hybridized carbons (Fsp3) is 0.538. The number of amides is 1. The quantitative estimate of drug-likeness (QED) is 0.388. The van der Waals surface area contributed by atoms with Crippen molar-refractivity contribution in [2.75, 3.05) is 19.7 Å². The highest BCUT2D eigenvalue weighted by Gasteiger charge is 2.35. The van der Waals surface area contributed by atoms with Gasteiger partial charge in [-0.2, -0.15) is 0 Å². The van der Waals surface area contributed by atoms with Gasteiger partial charge in [-0.1, -0.05) is 0 Å². The highest BCUT2D eigenvalue weighted by atomic mass is 32.2. The lowest BCUT2D eigenvalue weighted by Crippen LogP contribution is -2.56. The molecule has 0 bridgehead atoms. The molecule has 9 nitrogen and oxygen atoms in total. The lowest BCUT2D eigenvalue weighted by molar-refractivity contribution is -0.128. The lowest BCUT2D eigenvalue weighted by atomic mass is 9.98. The molecule has 0 saturated carbocycles. The van der Waals surface area contributed by atoms with Crippen LogP contribution in [0.15, 0.2) is 28.2 Å². The first kappa shape index (κ1) is 27.1. The van der Waals surface area contributed by atoms with Gasteiger partial charge in [0, 0.05) is 41.5 Å². The van der Waals surface area contributed by atoms with Crippen LogP contribution in [0, 0.1) is 11.2 Å². The molecule has 11 heteroatoms. The van der Waals surface area contributed by atoms with Gasteiger partial charge in [-0.15, -0.1) is 11.8 Å². The minimum atomic E-state index is -0.695. The second kappa shape index (κ2) is 10.8. The van der Waals surface area contributed by atoms with Crippen LogP contribution in [0.5, 0.6) is 5.75 Å². The summed E-state index contributed by atoms with van der Waals surface area (Å²) in [7, 11) is 0. The van der Waals surface area contributed by atoms with Gasteiger partial charge in [-0.25, -0.2) is 14.4 Å². The van der Waals surface area contributed by atoms with E-state index in [1.54, 1.807) is 6.92 Å².